The Balaban J connectivity index is 1.23. The summed E-state index contributed by atoms with van der Waals surface area (Å²) in [6, 6.07) is 12.7. The third-order valence-corrected chi connectivity index (χ3v) is 10.9. The molecule has 22 nitrogen and oxygen atoms in total. The average molecular weight is 904 g/mol. The second-order valence-corrected chi connectivity index (χ2v) is 15.3. The number of hydrogen-bond donors (Lipinski definition) is 14. The SMILES string of the molecule is O=C(/C=C/c1ccc(O)cc1)CC1O[C@@H](O[C@H]2[C@H](Oc3cc4c(O[C@@H]5O[C@H](CO)[C@@H](O)[C@H](O)[C@H]5O)cc(O)cc4[o+]c3-c3ccc(O)c(O)c3)O[C@H](CO)[C@@H](O)[C@@H]2O)[C@H](O)[C@@H](O)[C@@H]1O. The number of aromatic hydroxyl groups is 4. The number of carbonyl (C=O) groups excluding carboxylic acids is 1. The number of allylic oxidation sites excluding steroid dienone is 1. The lowest BCUT2D eigenvalue weighted by atomic mass is 9.94. The summed E-state index contributed by atoms with van der Waals surface area (Å²) >= 11 is 0. The first-order valence-corrected chi connectivity index (χ1v) is 19.8. The standard InChI is InChI=1S/C42H46O22/c43-14-28-31(51)34(54)36(56)40(62-28)59-25-12-20(47)11-24-21(25)13-27(38(58-24)17-4-8-22(48)23(49)9-17)61-42-39(35(55)32(52)29(15-44)63-42)64-41-37(57)33(53)30(50)26(60-41)10-19(46)7-3-16-1-5-18(45)6-2-16/h1-9,11-13,26,28-37,39-44,50-57H,10,14-15H2,(H3-,45,46,47,48,49)/p+1/t26?,28-,29-,30-,31-,32-,33+,34+,35+,36-,37-,39-,40-,41+,42-/m1/s1. The van der Waals surface area contributed by atoms with E-state index in [9.17, 15) is 76.3 Å². The Kier molecular flexibility index (Phi) is 14.2. The van der Waals surface area contributed by atoms with Crippen molar-refractivity contribution < 1.29 is 109 Å². The van der Waals surface area contributed by atoms with Crippen molar-refractivity contribution in [3.8, 4) is 45.8 Å². The first kappa shape index (κ1) is 46.7. The number of benzene rings is 3. The van der Waals surface area contributed by atoms with Crippen molar-refractivity contribution in [3.63, 3.8) is 0 Å². The molecule has 15 atom stereocenters. The predicted octanol–water partition coefficient (Wildman–Crippen LogP) is -1.93. The monoisotopic (exact) mass is 903 g/mol. The van der Waals surface area contributed by atoms with Crippen LogP contribution in [0.3, 0.4) is 0 Å². The number of hydrogen-bond acceptors (Lipinski definition) is 21. The Bertz CT molecular complexity index is 2290. The van der Waals surface area contributed by atoms with Gasteiger partial charge in [0.1, 0.15) is 83.7 Å². The lowest BCUT2D eigenvalue weighted by Gasteiger charge is -2.45. The highest BCUT2D eigenvalue weighted by atomic mass is 16.8. The predicted molar refractivity (Wildman–Crippen MR) is 212 cm³/mol. The molecule has 0 amide bonds. The van der Waals surface area contributed by atoms with Crippen LogP contribution in [0.4, 0.5) is 0 Å². The summed E-state index contributed by atoms with van der Waals surface area (Å²) in [4.78, 5) is 12.9. The second-order valence-electron chi connectivity index (χ2n) is 15.3. The maximum atomic E-state index is 12.9. The molecule has 0 spiro atoms. The molecule has 0 radical (unpaired) electrons. The summed E-state index contributed by atoms with van der Waals surface area (Å²) in [6.07, 6.45) is -25.2. The molecule has 3 aliphatic rings. The molecular formula is C42H47O22+. The van der Waals surface area contributed by atoms with Crippen LogP contribution in [0.2, 0.25) is 0 Å². The number of aliphatic hydroxyl groups is 10. The van der Waals surface area contributed by atoms with E-state index in [2.05, 4.69) is 0 Å². The number of ether oxygens (including phenoxy) is 6. The van der Waals surface area contributed by atoms with Gasteiger partial charge in [-0.25, -0.2) is 4.42 Å². The highest BCUT2D eigenvalue weighted by Gasteiger charge is 2.52. The van der Waals surface area contributed by atoms with E-state index in [4.69, 9.17) is 32.8 Å². The number of phenolic OH excluding ortho intramolecular Hbond substituents is 4. The summed E-state index contributed by atoms with van der Waals surface area (Å²) in [5, 5.41) is 147. The molecule has 1 aromatic heterocycles. The molecule has 346 valence electrons. The van der Waals surface area contributed by atoms with E-state index in [1.165, 1.54) is 42.5 Å². The van der Waals surface area contributed by atoms with Crippen molar-refractivity contribution >= 4 is 22.8 Å². The quantitative estimate of drug-likeness (QED) is 0.0394. The maximum absolute atomic E-state index is 12.9. The van der Waals surface area contributed by atoms with Crippen LogP contribution in [0.25, 0.3) is 28.4 Å². The number of phenols is 4. The highest BCUT2D eigenvalue weighted by Crippen LogP contribution is 2.44. The lowest BCUT2D eigenvalue weighted by Crippen LogP contribution is -2.65. The largest absolute Gasteiger partial charge is 0.508 e. The van der Waals surface area contributed by atoms with Crippen molar-refractivity contribution in [1.29, 1.82) is 0 Å². The van der Waals surface area contributed by atoms with Crippen molar-refractivity contribution in [2.45, 2.75) is 98.5 Å². The molecule has 3 fully saturated rings. The molecule has 22 heteroatoms. The Hall–Kier alpha value is -5.28. The molecule has 4 heterocycles. The lowest BCUT2D eigenvalue weighted by molar-refractivity contribution is -0.355. The van der Waals surface area contributed by atoms with E-state index in [0.717, 1.165) is 30.3 Å². The van der Waals surface area contributed by atoms with E-state index >= 15 is 0 Å². The summed E-state index contributed by atoms with van der Waals surface area (Å²) in [6.45, 7) is -1.68. The summed E-state index contributed by atoms with van der Waals surface area (Å²) in [5.74, 6) is -3.17. The van der Waals surface area contributed by atoms with Crippen LogP contribution in [0, 0.1) is 0 Å². The van der Waals surface area contributed by atoms with Gasteiger partial charge in [-0.15, -0.1) is 0 Å². The molecule has 0 saturated carbocycles. The Morgan fingerprint density at radius 3 is 1.84 bits per heavy atom. The van der Waals surface area contributed by atoms with Gasteiger partial charge in [0.2, 0.25) is 18.3 Å². The minimum absolute atomic E-state index is 0.00154. The molecule has 4 aromatic rings. The molecule has 1 unspecified atom stereocenters. The average Bonchev–Trinajstić information content (AvgIpc) is 3.27. The topological polar surface area (TPSA) is 367 Å². The van der Waals surface area contributed by atoms with Crippen LogP contribution < -0.4 is 9.47 Å². The zero-order valence-corrected chi connectivity index (χ0v) is 33.2. The number of fused-ring (bicyclic) bond motifs is 1. The summed E-state index contributed by atoms with van der Waals surface area (Å²) in [7, 11) is 0. The van der Waals surface area contributed by atoms with E-state index in [1.807, 2.05) is 0 Å². The van der Waals surface area contributed by atoms with Crippen LogP contribution in [-0.2, 0) is 23.7 Å². The number of carbonyl (C=O) groups is 1. The Morgan fingerprint density at radius 1 is 0.594 bits per heavy atom. The second kappa shape index (κ2) is 19.4. The van der Waals surface area contributed by atoms with Crippen LogP contribution in [0.15, 0.2) is 71.2 Å². The van der Waals surface area contributed by atoms with Gasteiger partial charge >= 0.3 is 11.3 Å². The molecule has 3 aliphatic heterocycles. The molecular weight excluding hydrogens is 856 g/mol. The maximum Gasteiger partial charge on any atom is 0.402 e. The first-order chi connectivity index (χ1) is 30.5. The fraction of sp³-hybridized carbons (Fsp3) is 0.429. The summed E-state index contributed by atoms with van der Waals surface area (Å²) in [5.41, 5.74) is 0.389. The molecule has 3 saturated heterocycles. The van der Waals surface area contributed by atoms with Crippen molar-refractivity contribution in [1.82, 2.24) is 0 Å². The van der Waals surface area contributed by atoms with Gasteiger partial charge in [-0.1, -0.05) is 18.2 Å². The molecule has 3 aromatic carbocycles. The van der Waals surface area contributed by atoms with Gasteiger partial charge in [-0.3, -0.25) is 4.79 Å². The minimum Gasteiger partial charge on any atom is -0.508 e. The third-order valence-electron chi connectivity index (χ3n) is 10.9. The van der Waals surface area contributed by atoms with Crippen molar-refractivity contribution in [2.75, 3.05) is 13.2 Å². The van der Waals surface area contributed by atoms with Crippen LogP contribution in [0.1, 0.15) is 12.0 Å². The molecule has 14 N–H and O–H groups in total. The van der Waals surface area contributed by atoms with Crippen molar-refractivity contribution in [2.24, 2.45) is 0 Å². The molecule has 7 rings (SSSR count). The van der Waals surface area contributed by atoms with Gasteiger partial charge in [-0.05, 0) is 35.9 Å². The molecule has 0 bridgehead atoms. The number of rotatable bonds is 13. The van der Waals surface area contributed by atoms with Crippen molar-refractivity contribution in [3.05, 3.63) is 72.3 Å². The third kappa shape index (κ3) is 9.70. The van der Waals surface area contributed by atoms with Crippen LogP contribution in [0.5, 0.6) is 34.5 Å². The van der Waals surface area contributed by atoms with Gasteiger partial charge in [0.15, 0.2) is 29.7 Å². The fourth-order valence-corrected chi connectivity index (χ4v) is 7.33. The van der Waals surface area contributed by atoms with E-state index in [1.54, 1.807) is 0 Å². The van der Waals surface area contributed by atoms with Gasteiger partial charge in [0.25, 0.3) is 0 Å². The van der Waals surface area contributed by atoms with Crippen LogP contribution in [-0.4, -0.2) is 183 Å². The Morgan fingerprint density at radius 2 is 1.19 bits per heavy atom. The smallest absolute Gasteiger partial charge is 0.402 e. The van der Waals surface area contributed by atoms with E-state index < -0.39 is 135 Å². The first-order valence-electron chi connectivity index (χ1n) is 19.8. The molecule has 64 heavy (non-hydrogen) atoms. The zero-order valence-electron chi connectivity index (χ0n) is 33.2. The zero-order chi connectivity index (χ0) is 46.1. The highest BCUT2D eigenvalue weighted by molar-refractivity contribution is 5.94. The minimum atomic E-state index is -2.05. The van der Waals surface area contributed by atoms with Gasteiger partial charge < -0.3 is 99.9 Å². The van der Waals surface area contributed by atoms with E-state index in [0.29, 0.717) is 5.56 Å². The normalized spacial score (nSPS) is 33.3. The molecule has 0 aliphatic carbocycles. The number of ketones is 1. The van der Waals surface area contributed by atoms with Gasteiger partial charge in [-0.2, -0.15) is 0 Å². The van der Waals surface area contributed by atoms with E-state index in [-0.39, 0.29) is 39.5 Å². The number of aliphatic hydroxyl groups excluding tert-OH is 10. The Labute approximate surface area is 361 Å². The summed E-state index contributed by atoms with van der Waals surface area (Å²) < 4.78 is 41.2. The van der Waals surface area contributed by atoms with Gasteiger partial charge in [0.05, 0.1) is 30.9 Å². The van der Waals surface area contributed by atoms with Crippen LogP contribution >= 0.6 is 0 Å². The fourth-order valence-electron chi connectivity index (χ4n) is 7.33. The van der Waals surface area contributed by atoms with Gasteiger partial charge in [0, 0.05) is 24.6 Å².